The molecular weight excluding hydrogens is 224 g/mol. The van der Waals surface area contributed by atoms with Crippen LogP contribution in [-0.2, 0) is 17.6 Å². The lowest BCUT2D eigenvalue weighted by molar-refractivity contribution is 0.101. The second-order valence-corrected chi connectivity index (χ2v) is 4.84. The number of rotatable bonds is 4. The molecule has 1 aliphatic heterocycles. The number of benzene rings is 1. The molecule has 0 amide bonds. The molecule has 1 aromatic heterocycles. The molecule has 1 unspecified atom stereocenters. The highest BCUT2D eigenvalue weighted by Gasteiger charge is 2.18. The first kappa shape index (κ1) is 11.8. The minimum Gasteiger partial charge on any atom is -0.362 e. The van der Waals surface area contributed by atoms with E-state index in [9.17, 15) is 0 Å². The Bertz CT molecular complexity index is 526. The molecule has 1 atom stereocenters. The van der Waals surface area contributed by atoms with E-state index in [1.165, 1.54) is 28.5 Å². The molecule has 0 saturated carbocycles. The average Bonchev–Trinajstić information content (AvgIpc) is 3.01. The number of ether oxygens (including phenoxy) is 1. The van der Waals surface area contributed by atoms with Crippen LogP contribution in [0.25, 0.3) is 10.8 Å². The van der Waals surface area contributed by atoms with Crippen LogP contribution < -0.4 is 5.32 Å². The molecule has 2 N–H and O–H groups in total. The zero-order valence-electron chi connectivity index (χ0n) is 10.8. The van der Waals surface area contributed by atoms with E-state index in [4.69, 9.17) is 4.74 Å². The Balaban J connectivity index is 1.95. The van der Waals surface area contributed by atoms with Crippen LogP contribution in [0.2, 0.25) is 0 Å². The number of aromatic nitrogens is 1. The van der Waals surface area contributed by atoms with Crippen LogP contribution >= 0.6 is 0 Å². The third kappa shape index (κ3) is 2.16. The van der Waals surface area contributed by atoms with Gasteiger partial charge in [-0.15, -0.1) is 0 Å². The summed E-state index contributed by atoms with van der Waals surface area (Å²) in [5.74, 6) is 0. The number of fused-ring (bicyclic) bond motifs is 1. The number of nitrogens with one attached hydrogen (secondary N) is 2. The molecule has 0 aliphatic carbocycles. The fourth-order valence-electron chi connectivity index (χ4n) is 2.69. The van der Waals surface area contributed by atoms with E-state index in [1.54, 1.807) is 0 Å². The minimum absolute atomic E-state index is 0.148. The highest BCUT2D eigenvalue weighted by atomic mass is 16.5. The molecular formula is C15H19N2O. The normalized spacial score (nSPS) is 19.7. The average molecular weight is 243 g/mol. The van der Waals surface area contributed by atoms with Crippen molar-refractivity contribution >= 4 is 10.8 Å². The van der Waals surface area contributed by atoms with Crippen molar-refractivity contribution in [2.45, 2.75) is 32.4 Å². The molecule has 3 rings (SSSR count). The van der Waals surface area contributed by atoms with Gasteiger partial charge in [-0.1, -0.05) is 31.5 Å². The molecule has 1 saturated heterocycles. The predicted octanol–water partition coefficient (Wildman–Crippen LogP) is 2.41. The molecule has 18 heavy (non-hydrogen) atoms. The Morgan fingerprint density at radius 3 is 3.17 bits per heavy atom. The maximum absolute atomic E-state index is 5.63. The summed E-state index contributed by atoms with van der Waals surface area (Å²) in [6.45, 7) is 3.99. The Labute approximate surface area is 108 Å². The third-order valence-electron chi connectivity index (χ3n) is 3.50. The number of hydrogen-bond donors (Lipinski definition) is 2. The molecule has 0 spiro atoms. The zero-order valence-corrected chi connectivity index (χ0v) is 10.8. The second-order valence-electron chi connectivity index (χ2n) is 4.84. The molecule has 3 nitrogen and oxygen atoms in total. The van der Waals surface area contributed by atoms with Gasteiger partial charge in [0, 0.05) is 29.4 Å². The molecule has 2 aromatic rings. The monoisotopic (exact) mass is 243 g/mol. The highest BCUT2D eigenvalue weighted by molar-refractivity contribution is 5.88. The summed E-state index contributed by atoms with van der Waals surface area (Å²) in [6.07, 6.45) is 6.58. The molecule has 2 heterocycles. The van der Waals surface area contributed by atoms with E-state index < -0.39 is 0 Å². The van der Waals surface area contributed by atoms with E-state index >= 15 is 0 Å². The van der Waals surface area contributed by atoms with Crippen molar-refractivity contribution in [3.8, 4) is 0 Å². The molecule has 3 heteroatoms. The van der Waals surface area contributed by atoms with Crippen LogP contribution in [0.4, 0.5) is 0 Å². The summed E-state index contributed by atoms with van der Waals surface area (Å²) in [5, 5.41) is 5.89. The van der Waals surface area contributed by atoms with Gasteiger partial charge in [0.25, 0.3) is 0 Å². The fourth-order valence-corrected chi connectivity index (χ4v) is 2.69. The van der Waals surface area contributed by atoms with E-state index in [0.29, 0.717) is 0 Å². The van der Waals surface area contributed by atoms with Crippen molar-refractivity contribution in [3.05, 3.63) is 35.7 Å². The summed E-state index contributed by atoms with van der Waals surface area (Å²) in [4.78, 5) is 3.29. The van der Waals surface area contributed by atoms with Gasteiger partial charge in [0.05, 0.1) is 12.8 Å². The summed E-state index contributed by atoms with van der Waals surface area (Å²) in [6, 6.07) is 6.46. The van der Waals surface area contributed by atoms with Crippen LogP contribution in [0.1, 0.15) is 24.6 Å². The molecule has 1 aliphatic rings. The Morgan fingerprint density at radius 2 is 2.39 bits per heavy atom. The van der Waals surface area contributed by atoms with Crippen LogP contribution in [0.3, 0.4) is 0 Å². The first-order chi connectivity index (χ1) is 8.88. The van der Waals surface area contributed by atoms with Gasteiger partial charge in [0.1, 0.15) is 6.23 Å². The lowest BCUT2D eigenvalue weighted by Crippen LogP contribution is -2.25. The number of aromatic amines is 1. The molecule has 1 fully saturated rings. The first-order valence-electron chi connectivity index (χ1n) is 6.73. The summed E-state index contributed by atoms with van der Waals surface area (Å²) in [5.41, 5.74) is 2.66. The standard InChI is InChI=1S/C15H19N2O/c1-2-4-11-5-3-6-12-10-17-13(15(11)12)9-14-16-7-8-18-14/h3,5-6,14,16-17H,2,4,7-9H2,1H3. The van der Waals surface area contributed by atoms with Crippen molar-refractivity contribution in [1.29, 1.82) is 0 Å². The minimum atomic E-state index is 0.148. The van der Waals surface area contributed by atoms with Gasteiger partial charge in [-0.05, 0) is 12.0 Å². The summed E-state index contributed by atoms with van der Waals surface area (Å²) in [7, 11) is 0. The van der Waals surface area contributed by atoms with Gasteiger partial charge in [0.15, 0.2) is 0 Å². The van der Waals surface area contributed by atoms with Crippen molar-refractivity contribution in [2.75, 3.05) is 13.2 Å². The van der Waals surface area contributed by atoms with Gasteiger partial charge in [-0.2, -0.15) is 0 Å². The first-order valence-corrected chi connectivity index (χ1v) is 6.73. The number of hydrogen-bond acceptors (Lipinski definition) is 2. The SMILES string of the molecule is CCCc1cccc2[c][nH]c(CC3NCCO3)c12. The molecule has 0 bridgehead atoms. The predicted molar refractivity (Wildman–Crippen MR) is 72.6 cm³/mol. The molecule has 95 valence electrons. The fraction of sp³-hybridized carbons (Fsp3) is 0.467. The van der Waals surface area contributed by atoms with E-state index in [1.807, 2.05) is 0 Å². The van der Waals surface area contributed by atoms with Gasteiger partial charge in [-0.3, -0.25) is 5.32 Å². The van der Waals surface area contributed by atoms with Crippen molar-refractivity contribution in [1.82, 2.24) is 10.3 Å². The lowest BCUT2D eigenvalue weighted by atomic mass is 10.0. The highest BCUT2D eigenvalue weighted by Crippen LogP contribution is 2.25. The van der Waals surface area contributed by atoms with Crippen LogP contribution in [0.5, 0.6) is 0 Å². The lowest BCUT2D eigenvalue weighted by Gasteiger charge is -2.10. The van der Waals surface area contributed by atoms with Crippen LogP contribution in [0, 0.1) is 6.20 Å². The van der Waals surface area contributed by atoms with E-state index in [0.717, 1.165) is 26.0 Å². The van der Waals surface area contributed by atoms with Gasteiger partial charge >= 0.3 is 0 Å². The number of H-pyrrole nitrogens is 1. The van der Waals surface area contributed by atoms with Crippen molar-refractivity contribution in [2.24, 2.45) is 0 Å². The topological polar surface area (TPSA) is 37.0 Å². The van der Waals surface area contributed by atoms with Crippen LogP contribution in [0.15, 0.2) is 18.2 Å². The van der Waals surface area contributed by atoms with Gasteiger partial charge < -0.3 is 9.72 Å². The van der Waals surface area contributed by atoms with E-state index in [2.05, 4.69) is 41.6 Å². The quantitative estimate of drug-likeness (QED) is 0.865. The molecule has 1 radical (unpaired) electrons. The maximum Gasteiger partial charge on any atom is 0.113 e. The third-order valence-corrected chi connectivity index (χ3v) is 3.50. The van der Waals surface area contributed by atoms with Gasteiger partial charge in [-0.25, -0.2) is 0 Å². The summed E-state index contributed by atoms with van der Waals surface area (Å²) < 4.78 is 5.63. The zero-order chi connectivity index (χ0) is 12.4. The van der Waals surface area contributed by atoms with Crippen molar-refractivity contribution < 1.29 is 4.74 Å². The van der Waals surface area contributed by atoms with E-state index in [-0.39, 0.29) is 6.23 Å². The second kappa shape index (κ2) is 5.12. The van der Waals surface area contributed by atoms with Crippen LogP contribution in [-0.4, -0.2) is 24.4 Å². The Hall–Kier alpha value is -1.32. The maximum atomic E-state index is 5.63. The smallest absolute Gasteiger partial charge is 0.113 e. The van der Waals surface area contributed by atoms with Gasteiger partial charge in [0.2, 0.25) is 0 Å². The Kier molecular flexibility index (Phi) is 3.35. The largest absolute Gasteiger partial charge is 0.362 e. The van der Waals surface area contributed by atoms with Crippen molar-refractivity contribution in [3.63, 3.8) is 0 Å². The molecule has 1 aromatic carbocycles. The Morgan fingerprint density at radius 1 is 1.44 bits per heavy atom. The number of aryl methyl sites for hydroxylation is 1. The summed E-state index contributed by atoms with van der Waals surface area (Å²) >= 11 is 0.